The maximum absolute atomic E-state index is 12.3. The molecular formula is C17H13N3O4S. The normalized spacial score (nSPS) is 12.0. The van der Waals surface area contributed by atoms with Gasteiger partial charge in [-0.2, -0.15) is 0 Å². The molecule has 0 aliphatic carbocycles. The van der Waals surface area contributed by atoms with Gasteiger partial charge in [-0.15, -0.1) is 11.3 Å². The van der Waals surface area contributed by atoms with Crippen molar-refractivity contribution in [2.45, 2.75) is 0 Å². The molecule has 0 spiro atoms. The van der Waals surface area contributed by atoms with E-state index in [0.29, 0.717) is 22.3 Å². The molecule has 0 fully saturated rings. The molecular weight excluding hydrogens is 342 g/mol. The van der Waals surface area contributed by atoms with Gasteiger partial charge in [0.2, 0.25) is 12.7 Å². The molecule has 0 bridgehead atoms. The van der Waals surface area contributed by atoms with Crippen LogP contribution >= 0.6 is 11.3 Å². The number of rotatable bonds is 4. The van der Waals surface area contributed by atoms with E-state index >= 15 is 0 Å². The van der Waals surface area contributed by atoms with Gasteiger partial charge in [0.05, 0.1) is 18.4 Å². The fraction of sp³-hybridized carbons (Fsp3) is 0.118. The first kappa shape index (κ1) is 15.4. The lowest BCUT2D eigenvalue weighted by atomic mass is 10.1. The molecule has 0 atom stereocenters. The van der Waals surface area contributed by atoms with Crippen LogP contribution in [0.4, 0.5) is 5.13 Å². The molecule has 0 saturated carbocycles. The maximum atomic E-state index is 12.3. The van der Waals surface area contributed by atoms with E-state index < -0.39 is 0 Å². The predicted molar refractivity (Wildman–Crippen MR) is 92.4 cm³/mol. The lowest BCUT2D eigenvalue weighted by molar-refractivity contribution is 0.102. The van der Waals surface area contributed by atoms with Crippen LogP contribution < -0.4 is 19.5 Å². The predicted octanol–water partition coefficient (Wildman–Crippen LogP) is 3.19. The van der Waals surface area contributed by atoms with E-state index in [1.807, 2.05) is 23.6 Å². The quantitative estimate of drug-likeness (QED) is 0.774. The van der Waals surface area contributed by atoms with E-state index in [9.17, 15) is 4.79 Å². The minimum absolute atomic E-state index is 0.229. The zero-order valence-electron chi connectivity index (χ0n) is 13.2. The van der Waals surface area contributed by atoms with E-state index in [2.05, 4.69) is 15.3 Å². The van der Waals surface area contributed by atoms with Crippen molar-refractivity contribution in [1.29, 1.82) is 0 Å². The molecule has 1 aliphatic rings. The van der Waals surface area contributed by atoms with Gasteiger partial charge in [-0.3, -0.25) is 10.1 Å². The van der Waals surface area contributed by atoms with Gasteiger partial charge < -0.3 is 14.2 Å². The maximum Gasteiger partial charge on any atom is 0.259 e. The smallest absolute Gasteiger partial charge is 0.259 e. The van der Waals surface area contributed by atoms with Gasteiger partial charge in [-0.05, 0) is 24.3 Å². The Hall–Kier alpha value is -3.13. The van der Waals surface area contributed by atoms with Gasteiger partial charge >= 0.3 is 0 Å². The highest BCUT2D eigenvalue weighted by Crippen LogP contribution is 2.36. The topological polar surface area (TPSA) is 82.6 Å². The van der Waals surface area contributed by atoms with Gasteiger partial charge in [-0.25, -0.2) is 9.97 Å². The Kier molecular flexibility index (Phi) is 3.95. The molecule has 3 heterocycles. The number of carbonyl (C=O) groups excluding carboxylic acids is 1. The number of hydrogen-bond donors (Lipinski definition) is 1. The Morgan fingerprint density at radius 3 is 2.92 bits per heavy atom. The van der Waals surface area contributed by atoms with E-state index in [0.717, 1.165) is 17.0 Å². The highest BCUT2D eigenvalue weighted by atomic mass is 32.1. The third-order valence-corrected chi connectivity index (χ3v) is 4.36. The van der Waals surface area contributed by atoms with E-state index in [4.69, 9.17) is 14.2 Å². The van der Waals surface area contributed by atoms with E-state index in [1.165, 1.54) is 24.6 Å². The molecule has 3 aromatic rings. The molecule has 25 heavy (non-hydrogen) atoms. The van der Waals surface area contributed by atoms with Crippen LogP contribution in [0.1, 0.15) is 10.4 Å². The Morgan fingerprint density at radius 1 is 1.24 bits per heavy atom. The SMILES string of the molecule is COc1ccc(C(=O)Nc2nc(-c3ccc4c(c3)OCO4)cs2)cn1. The van der Waals surface area contributed by atoms with Crippen LogP contribution in [0.2, 0.25) is 0 Å². The van der Waals surface area contributed by atoms with Gasteiger partial charge in [0.15, 0.2) is 16.6 Å². The summed E-state index contributed by atoms with van der Waals surface area (Å²) in [6.07, 6.45) is 1.46. The van der Waals surface area contributed by atoms with Crippen LogP contribution in [0.25, 0.3) is 11.3 Å². The van der Waals surface area contributed by atoms with Crippen LogP contribution in [-0.4, -0.2) is 29.8 Å². The summed E-state index contributed by atoms with van der Waals surface area (Å²) in [6.45, 7) is 0.229. The molecule has 1 N–H and O–H groups in total. The van der Waals surface area contributed by atoms with E-state index in [-0.39, 0.29) is 12.7 Å². The van der Waals surface area contributed by atoms with Gasteiger partial charge in [0.1, 0.15) is 0 Å². The highest BCUT2D eigenvalue weighted by molar-refractivity contribution is 7.14. The number of nitrogens with zero attached hydrogens (tertiary/aromatic N) is 2. The monoisotopic (exact) mass is 355 g/mol. The van der Waals surface area contributed by atoms with Gasteiger partial charge in [0, 0.05) is 23.2 Å². The Bertz CT molecular complexity index is 924. The van der Waals surface area contributed by atoms with Crippen molar-refractivity contribution in [1.82, 2.24) is 9.97 Å². The van der Waals surface area contributed by atoms with Crippen molar-refractivity contribution in [3.8, 4) is 28.6 Å². The first-order valence-electron chi connectivity index (χ1n) is 7.40. The zero-order valence-corrected chi connectivity index (χ0v) is 14.0. The Balaban J connectivity index is 1.50. The van der Waals surface area contributed by atoms with Crippen molar-refractivity contribution in [3.63, 3.8) is 0 Å². The number of amides is 1. The molecule has 2 aromatic heterocycles. The number of pyridine rings is 1. The standard InChI is InChI=1S/C17H13N3O4S/c1-22-15-5-3-11(7-18-15)16(21)20-17-19-12(8-25-17)10-2-4-13-14(6-10)24-9-23-13/h2-8H,9H2,1H3,(H,19,20,21). The van der Waals surface area contributed by atoms with Crippen molar-refractivity contribution < 1.29 is 19.0 Å². The first-order chi connectivity index (χ1) is 12.2. The fourth-order valence-corrected chi connectivity index (χ4v) is 3.04. The average Bonchev–Trinajstić information content (AvgIpc) is 3.30. The van der Waals surface area contributed by atoms with E-state index in [1.54, 1.807) is 12.1 Å². The first-order valence-corrected chi connectivity index (χ1v) is 8.28. The van der Waals surface area contributed by atoms with Gasteiger partial charge in [-0.1, -0.05) is 0 Å². The van der Waals surface area contributed by atoms with Crippen LogP contribution in [0.15, 0.2) is 41.9 Å². The van der Waals surface area contributed by atoms with Crippen LogP contribution in [0.5, 0.6) is 17.4 Å². The molecule has 1 amide bonds. The molecule has 0 saturated heterocycles. The van der Waals surface area contributed by atoms with Crippen LogP contribution in [-0.2, 0) is 0 Å². The number of ether oxygens (including phenoxy) is 3. The number of methoxy groups -OCH3 is 1. The summed E-state index contributed by atoms with van der Waals surface area (Å²) in [7, 11) is 1.52. The zero-order chi connectivity index (χ0) is 17.2. The molecule has 8 heteroatoms. The molecule has 1 aliphatic heterocycles. The van der Waals surface area contributed by atoms with Gasteiger partial charge in [0.25, 0.3) is 5.91 Å². The number of aromatic nitrogens is 2. The van der Waals surface area contributed by atoms with Crippen molar-refractivity contribution in [2.24, 2.45) is 0 Å². The number of hydrogen-bond acceptors (Lipinski definition) is 7. The summed E-state index contributed by atoms with van der Waals surface area (Å²) in [5, 5.41) is 5.15. The second-order valence-corrected chi connectivity index (χ2v) is 6.01. The number of benzene rings is 1. The minimum Gasteiger partial charge on any atom is -0.481 e. The number of carbonyl (C=O) groups is 1. The Labute approximate surface area is 147 Å². The average molecular weight is 355 g/mol. The third-order valence-electron chi connectivity index (χ3n) is 3.60. The molecule has 1 aromatic carbocycles. The van der Waals surface area contributed by atoms with Crippen LogP contribution in [0.3, 0.4) is 0 Å². The summed E-state index contributed by atoms with van der Waals surface area (Å²) in [5.41, 5.74) is 2.08. The lowest BCUT2D eigenvalue weighted by Crippen LogP contribution is -2.12. The summed E-state index contributed by atoms with van der Waals surface area (Å²) in [4.78, 5) is 20.7. The van der Waals surface area contributed by atoms with Crippen molar-refractivity contribution in [3.05, 3.63) is 47.5 Å². The molecule has 7 nitrogen and oxygen atoms in total. The molecule has 126 valence electrons. The summed E-state index contributed by atoms with van der Waals surface area (Å²) in [5.74, 6) is 1.59. The highest BCUT2D eigenvalue weighted by Gasteiger charge is 2.16. The number of nitrogens with one attached hydrogen (secondary N) is 1. The summed E-state index contributed by atoms with van der Waals surface area (Å²) >= 11 is 1.35. The van der Waals surface area contributed by atoms with Crippen molar-refractivity contribution in [2.75, 3.05) is 19.2 Å². The Morgan fingerprint density at radius 2 is 2.12 bits per heavy atom. The van der Waals surface area contributed by atoms with Crippen LogP contribution in [0, 0.1) is 0 Å². The number of anilines is 1. The lowest BCUT2D eigenvalue weighted by Gasteiger charge is -2.03. The molecule has 0 unspecified atom stereocenters. The number of fused-ring (bicyclic) bond motifs is 1. The second-order valence-electron chi connectivity index (χ2n) is 5.15. The fourth-order valence-electron chi connectivity index (χ4n) is 2.32. The minimum atomic E-state index is -0.276. The largest absolute Gasteiger partial charge is 0.481 e. The van der Waals surface area contributed by atoms with Crippen molar-refractivity contribution >= 4 is 22.4 Å². The molecule has 4 rings (SSSR count). The summed E-state index contributed by atoms with van der Waals surface area (Å²) < 4.78 is 15.7. The number of thiazole rings is 1. The third kappa shape index (κ3) is 3.11. The summed E-state index contributed by atoms with van der Waals surface area (Å²) in [6, 6.07) is 8.90. The second kappa shape index (κ2) is 6.40. The molecule has 0 radical (unpaired) electrons.